The summed E-state index contributed by atoms with van der Waals surface area (Å²) in [5.74, 6) is 0.704. The Hall–Kier alpha value is -1.46. The number of aryl methyl sites for hydroxylation is 2. The Labute approximate surface area is 95.0 Å². The molecule has 0 saturated heterocycles. The summed E-state index contributed by atoms with van der Waals surface area (Å²) in [6.07, 6.45) is 4.20. The summed E-state index contributed by atoms with van der Waals surface area (Å²) in [6.45, 7) is 2.80. The largest absolute Gasteiger partial charge is 0.469 e. The zero-order valence-electron chi connectivity index (χ0n) is 9.85. The second kappa shape index (κ2) is 6.92. The van der Waals surface area contributed by atoms with Crippen LogP contribution in [0, 0.1) is 0 Å². The van der Waals surface area contributed by atoms with Crippen molar-refractivity contribution in [1.29, 1.82) is 0 Å². The number of rotatable bonds is 7. The van der Waals surface area contributed by atoms with Gasteiger partial charge in [-0.2, -0.15) is 0 Å². The number of tetrazole rings is 1. The van der Waals surface area contributed by atoms with Crippen LogP contribution in [0.4, 0.5) is 0 Å². The molecule has 0 aliphatic heterocycles. The first kappa shape index (κ1) is 12.6. The standard InChI is InChI=1S/C10H18N4O2/c1-3-4-6-9-11-12-13-14(9)8-5-7-10(15)16-2/h3-8H2,1-2H3. The first-order valence-corrected chi connectivity index (χ1v) is 5.59. The fourth-order valence-electron chi connectivity index (χ4n) is 1.39. The molecule has 0 spiro atoms. The molecule has 1 aromatic rings. The van der Waals surface area contributed by atoms with E-state index in [-0.39, 0.29) is 5.97 Å². The summed E-state index contributed by atoms with van der Waals surface area (Å²) in [6, 6.07) is 0. The van der Waals surface area contributed by atoms with Gasteiger partial charge in [-0.15, -0.1) is 5.10 Å². The normalized spacial score (nSPS) is 10.4. The second-order valence-corrected chi connectivity index (χ2v) is 3.60. The Kier molecular flexibility index (Phi) is 5.45. The summed E-state index contributed by atoms with van der Waals surface area (Å²) >= 11 is 0. The minimum atomic E-state index is -0.191. The number of nitrogens with zero attached hydrogens (tertiary/aromatic N) is 4. The quantitative estimate of drug-likeness (QED) is 0.648. The smallest absolute Gasteiger partial charge is 0.305 e. The third kappa shape index (κ3) is 3.96. The van der Waals surface area contributed by atoms with E-state index in [1.807, 2.05) is 0 Å². The number of aromatic nitrogens is 4. The van der Waals surface area contributed by atoms with Gasteiger partial charge in [0, 0.05) is 19.4 Å². The van der Waals surface area contributed by atoms with Crippen LogP contribution in [0.15, 0.2) is 0 Å². The average molecular weight is 226 g/mol. The van der Waals surface area contributed by atoms with E-state index < -0.39 is 0 Å². The predicted octanol–water partition coefficient (Wildman–Crippen LogP) is 0.969. The molecule has 0 N–H and O–H groups in total. The Morgan fingerprint density at radius 2 is 2.25 bits per heavy atom. The van der Waals surface area contributed by atoms with Crippen LogP contribution in [0.2, 0.25) is 0 Å². The van der Waals surface area contributed by atoms with E-state index in [4.69, 9.17) is 0 Å². The van der Waals surface area contributed by atoms with Gasteiger partial charge < -0.3 is 4.74 Å². The van der Waals surface area contributed by atoms with Crippen LogP contribution in [0.5, 0.6) is 0 Å². The van der Waals surface area contributed by atoms with Gasteiger partial charge in [-0.05, 0) is 23.3 Å². The molecule has 6 heteroatoms. The van der Waals surface area contributed by atoms with Crippen molar-refractivity contribution in [2.45, 2.75) is 45.6 Å². The van der Waals surface area contributed by atoms with Crippen LogP contribution in [-0.4, -0.2) is 33.3 Å². The molecule has 0 bridgehead atoms. The van der Waals surface area contributed by atoms with Crippen LogP contribution in [-0.2, 0) is 22.5 Å². The topological polar surface area (TPSA) is 69.9 Å². The lowest BCUT2D eigenvalue weighted by Crippen LogP contribution is -2.08. The second-order valence-electron chi connectivity index (χ2n) is 3.60. The SMILES string of the molecule is CCCCc1nnnn1CCCC(=O)OC. The highest BCUT2D eigenvalue weighted by molar-refractivity contribution is 5.68. The molecule has 1 rings (SSSR count). The minimum Gasteiger partial charge on any atom is -0.469 e. The lowest BCUT2D eigenvalue weighted by molar-refractivity contribution is -0.140. The number of hydrogen-bond donors (Lipinski definition) is 0. The van der Waals surface area contributed by atoms with Gasteiger partial charge in [0.05, 0.1) is 7.11 Å². The monoisotopic (exact) mass is 226 g/mol. The van der Waals surface area contributed by atoms with Crippen molar-refractivity contribution < 1.29 is 9.53 Å². The highest BCUT2D eigenvalue weighted by Gasteiger charge is 2.06. The molecule has 6 nitrogen and oxygen atoms in total. The summed E-state index contributed by atoms with van der Waals surface area (Å²) in [7, 11) is 1.39. The van der Waals surface area contributed by atoms with Crippen molar-refractivity contribution in [3.05, 3.63) is 5.82 Å². The molecule has 0 saturated carbocycles. The lowest BCUT2D eigenvalue weighted by atomic mass is 10.2. The maximum Gasteiger partial charge on any atom is 0.305 e. The number of ether oxygens (including phenoxy) is 1. The fourth-order valence-corrected chi connectivity index (χ4v) is 1.39. The number of esters is 1. The van der Waals surface area contributed by atoms with Crippen molar-refractivity contribution in [2.75, 3.05) is 7.11 Å². The van der Waals surface area contributed by atoms with Gasteiger partial charge in [-0.1, -0.05) is 13.3 Å². The highest BCUT2D eigenvalue weighted by Crippen LogP contribution is 2.02. The van der Waals surface area contributed by atoms with Crippen LogP contribution in [0.1, 0.15) is 38.4 Å². The van der Waals surface area contributed by atoms with Gasteiger partial charge in [-0.25, -0.2) is 4.68 Å². The van der Waals surface area contributed by atoms with E-state index in [2.05, 4.69) is 27.2 Å². The lowest BCUT2D eigenvalue weighted by Gasteiger charge is -2.03. The van der Waals surface area contributed by atoms with E-state index >= 15 is 0 Å². The number of carbonyl (C=O) groups excluding carboxylic acids is 1. The van der Waals surface area contributed by atoms with Gasteiger partial charge in [0.2, 0.25) is 0 Å². The van der Waals surface area contributed by atoms with Crippen LogP contribution >= 0.6 is 0 Å². The Morgan fingerprint density at radius 1 is 1.44 bits per heavy atom. The molecule has 1 aromatic heterocycles. The highest BCUT2D eigenvalue weighted by atomic mass is 16.5. The minimum absolute atomic E-state index is 0.191. The van der Waals surface area contributed by atoms with E-state index in [1.54, 1.807) is 4.68 Å². The Morgan fingerprint density at radius 3 is 2.94 bits per heavy atom. The van der Waals surface area contributed by atoms with E-state index in [0.717, 1.165) is 25.1 Å². The van der Waals surface area contributed by atoms with Gasteiger partial charge in [0.25, 0.3) is 0 Å². The van der Waals surface area contributed by atoms with Crippen molar-refractivity contribution in [2.24, 2.45) is 0 Å². The van der Waals surface area contributed by atoms with Gasteiger partial charge in [0.1, 0.15) is 0 Å². The number of hydrogen-bond acceptors (Lipinski definition) is 5. The molecule has 16 heavy (non-hydrogen) atoms. The van der Waals surface area contributed by atoms with E-state index in [1.165, 1.54) is 7.11 Å². The first-order valence-electron chi connectivity index (χ1n) is 5.59. The number of methoxy groups -OCH3 is 1. The molecular weight excluding hydrogens is 208 g/mol. The molecule has 0 aromatic carbocycles. The zero-order chi connectivity index (χ0) is 11.8. The summed E-state index contributed by atoms with van der Waals surface area (Å²) < 4.78 is 6.33. The van der Waals surface area contributed by atoms with Gasteiger partial charge >= 0.3 is 5.97 Å². The van der Waals surface area contributed by atoms with Crippen LogP contribution < -0.4 is 0 Å². The van der Waals surface area contributed by atoms with Crippen LogP contribution in [0.25, 0.3) is 0 Å². The van der Waals surface area contributed by atoms with Crippen LogP contribution in [0.3, 0.4) is 0 Å². The Bertz CT molecular complexity index is 324. The maximum atomic E-state index is 10.9. The van der Waals surface area contributed by atoms with Crippen molar-refractivity contribution >= 4 is 5.97 Å². The molecular formula is C10H18N4O2. The van der Waals surface area contributed by atoms with E-state index in [0.29, 0.717) is 19.4 Å². The Balaban J connectivity index is 2.35. The molecule has 0 amide bonds. The van der Waals surface area contributed by atoms with Crippen molar-refractivity contribution in [1.82, 2.24) is 20.2 Å². The molecule has 0 radical (unpaired) electrons. The zero-order valence-corrected chi connectivity index (χ0v) is 9.85. The molecule has 0 unspecified atom stereocenters. The predicted molar refractivity (Wildman–Crippen MR) is 57.7 cm³/mol. The van der Waals surface area contributed by atoms with Crippen molar-refractivity contribution in [3.8, 4) is 0 Å². The summed E-state index contributed by atoms with van der Waals surface area (Å²) in [4.78, 5) is 10.9. The van der Waals surface area contributed by atoms with E-state index in [9.17, 15) is 4.79 Å². The first-order chi connectivity index (χ1) is 7.77. The fraction of sp³-hybridized carbons (Fsp3) is 0.800. The molecule has 0 aliphatic rings. The maximum absolute atomic E-state index is 10.9. The summed E-state index contributed by atoms with van der Waals surface area (Å²) in [5, 5.41) is 11.5. The number of unbranched alkanes of at least 4 members (excludes halogenated alkanes) is 1. The molecule has 0 atom stereocenters. The van der Waals surface area contributed by atoms with Crippen molar-refractivity contribution in [3.63, 3.8) is 0 Å². The number of carbonyl (C=O) groups is 1. The summed E-state index contributed by atoms with van der Waals surface area (Å²) in [5.41, 5.74) is 0. The molecule has 1 heterocycles. The molecule has 90 valence electrons. The third-order valence-corrected chi connectivity index (χ3v) is 2.34. The average Bonchev–Trinajstić information content (AvgIpc) is 2.73. The molecule has 0 aliphatic carbocycles. The molecule has 0 fully saturated rings. The van der Waals surface area contributed by atoms with Gasteiger partial charge in [0.15, 0.2) is 5.82 Å². The third-order valence-electron chi connectivity index (χ3n) is 2.34. The van der Waals surface area contributed by atoms with Gasteiger partial charge in [-0.3, -0.25) is 4.79 Å².